The summed E-state index contributed by atoms with van der Waals surface area (Å²) in [6, 6.07) is 12.5. The Morgan fingerprint density at radius 2 is 1.52 bits per heavy atom. The van der Waals surface area contributed by atoms with Gasteiger partial charge in [0.25, 0.3) is 5.91 Å². The minimum absolute atomic E-state index is 0.203. The van der Waals surface area contributed by atoms with Crippen LogP contribution < -0.4 is 9.80 Å². The second-order valence-electron chi connectivity index (χ2n) is 7.29. The van der Waals surface area contributed by atoms with Gasteiger partial charge < -0.3 is 4.90 Å². The van der Waals surface area contributed by atoms with Crippen molar-refractivity contribution >= 4 is 34.9 Å². The van der Waals surface area contributed by atoms with E-state index in [-0.39, 0.29) is 24.4 Å². The van der Waals surface area contributed by atoms with Crippen molar-refractivity contribution < 1.29 is 14.0 Å². The lowest BCUT2D eigenvalue weighted by molar-refractivity contribution is -0.128. The molecule has 29 heavy (non-hydrogen) atoms. The highest BCUT2D eigenvalue weighted by molar-refractivity contribution is 6.30. The van der Waals surface area contributed by atoms with Gasteiger partial charge in [-0.1, -0.05) is 11.6 Å². The third-order valence-corrected chi connectivity index (χ3v) is 5.71. The summed E-state index contributed by atoms with van der Waals surface area (Å²) in [6.45, 7) is 4.93. The Balaban J connectivity index is 1.39. The molecule has 8 heteroatoms. The highest BCUT2D eigenvalue weighted by atomic mass is 35.5. The zero-order chi connectivity index (χ0) is 20.5. The highest BCUT2D eigenvalue weighted by Gasteiger charge is 2.44. The first kappa shape index (κ1) is 19.7. The number of anilines is 2. The predicted octanol–water partition coefficient (Wildman–Crippen LogP) is 3.42. The monoisotopic (exact) mass is 416 g/mol. The van der Waals surface area contributed by atoms with Crippen LogP contribution in [0.2, 0.25) is 5.02 Å². The summed E-state index contributed by atoms with van der Waals surface area (Å²) in [4.78, 5) is 32.7. The predicted molar refractivity (Wildman–Crippen MR) is 111 cm³/mol. The van der Waals surface area contributed by atoms with Gasteiger partial charge in [-0.3, -0.25) is 14.6 Å². The van der Waals surface area contributed by atoms with Gasteiger partial charge in [0.1, 0.15) is 11.9 Å². The van der Waals surface area contributed by atoms with Gasteiger partial charge in [-0.05, 0) is 55.5 Å². The average Bonchev–Trinajstić information content (AvgIpc) is 2.93. The fourth-order valence-electron chi connectivity index (χ4n) is 3.79. The van der Waals surface area contributed by atoms with E-state index < -0.39 is 6.04 Å². The van der Waals surface area contributed by atoms with Crippen molar-refractivity contribution in [2.24, 2.45) is 0 Å². The zero-order valence-electron chi connectivity index (χ0n) is 16.1. The Kier molecular flexibility index (Phi) is 5.43. The average molecular weight is 417 g/mol. The van der Waals surface area contributed by atoms with E-state index in [1.807, 2.05) is 0 Å². The summed E-state index contributed by atoms with van der Waals surface area (Å²) >= 11 is 5.93. The topological polar surface area (TPSA) is 47.1 Å². The van der Waals surface area contributed by atoms with Crippen molar-refractivity contribution in [2.75, 3.05) is 42.6 Å². The smallest absolute Gasteiger partial charge is 0.333 e. The summed E-state index contributed by atoms with van der Waals surface area (Å²) < 4.78 is 13.1. The molecule has 4 rings (SSSR count). The molecule has 0 spiro atoms. The van der Waals surface area contributed by atoms with Crippen LogP contribution in [0.15, 0.2) is 48.5 Å². The fourth-order valence-corrected chi connectivity index (χ4v) is 3.92. The van der Waals surface area contributed by atoms with E-state index in [2.05, 4.69) is 9.80 Å². The quantitative estimate of drug-likeness (QED) is 0.716. The maximum absolute atomic E-state index is 13.1. The van der Waals surface area contributed by atoms with Crippen LogP contribution in [0.3, 0.4) is 0 Å². The second-order valence-corrected chi connectivity index (χ2v) is 7.73. The molecular weight excluding hydrogens is 395 g/mol. The molecule has 6 nitrogen and oxygen atoms in total. The summed E-state index contributed by atoms with van der Waals surface area (Å²) in [7, 11) is 0. The first-order valence-electron chi connectivity index (χ1n) is 9.57. The van der Waals surface area contributed by atoms with Gasteiger partial charge in [-0.25, -0.2) is 14.1 Å². The van der Waals surface area contributed by atoms with Crippen LogP contribution in [0.1, 0.15) is 6.92 Å². The lowest BCUT2D eigenvalue weighted by atomic mass is 10.2. The molecule has 0 aromatic heterocycles. The second kappa shape index (κ2) is 8.00. The van der Waals surface area contributed by atoms with Crippen LogP contribution in [0.4, 0.5) is 20.6 Å². The van der Waals surface area contributed by atoms with E-state index in [9.17, 15) is 14.0 Å². The molecule has 0 aliphatic carbocycles. The van der Waals surface area contributed by atoms with Gasteiger partial charge in [0.15, 0.2) is 0 Å². The van der Waals surface area contributed by atoms with Crippen molar-refractivity contribution in [2.45, 2.75) is 13.0 Å². The van der Waals surface area contributed by atoms with Crippen LogP contribution in [0, 0.1) is 5.82 Å². The maximum Gasteiger partial charge on any atom is 0.333 e. The molecule has 2 aliphatic rings. The summed E-state index contributed by atoms with van der Waals surface area (Å²) in [6.07, 6.45) is 0. The molecule has 3 amide bonds. The molecule has 2 aromatic carbocycles. The van der Waals surface area contributed by atoms with Crippen LogP contribution in [-0.4, -0.2) is 60.6 Å². The molecule has 2 heterocycles. The minimum atomic E-state index is -0.552. The number of nitrogens with zero attached hydrogens (tertiary/aromatic N) is 4. The Morgan fingerprint density at radius 1 is 0.931 bits per heavy atom. The maximum atomic E-state index is 13.1. The zero-order valence-corrected chi connectivity index (χ0v) is 16.8. The van der Waals surface area contributed by atoms with Gasteiger partial charge in [0.2, 0.25) is 0 Å². The number of halogens is 2. The molecule has 2 fully saturated rings. The van der Waals surface area contributed by atoms with Gasteiger partial charge in [0.05, 0.1) is 6.67 Å². The van der Waals surface area contributed by atoms with Crippen LogP contribution >= 0.6 is 11.6 Å². The van der Waals surface area contributed by atoms with Gasteiger partial charge >= 0.3 is 6.03 Å². The highest BCUT2D eigenvalue weighted by Crippen LogP contribution is 2.27. The van der Waals surface area contributed by atoms with Crippen molar-refractivity contribution in [3.05, 3.63) is 59.4 Å². The van der Waals surface area contributed by atoms with E-state index >= 15 is 0 Å². The third kappa shape index (κ3) is 3.93. The van der Waals surface area contributed by atoms with Crippen molar-refractivity contribution in [3.8, 4) is 0 Å². The van der Waals surface area contributed by atoms with Crippen LogP contribution in [-0.2, 0) is 4.79 Å². The number of benzene rings is 2. The summed E-state index contributed by atoms with van der Waals surface area (Å²) in [5, 5.41) is 0.579. The summed E-state index contributed by atoms with van der Waals surface area (Å²) in [5.41, 5.74) is 1.63. The largest absolute Gasteiger partial charge is 0.369 e. The van der Waals surface area contributed by atoms with Crippen LogP contribution in [0.25, 0.3) is 0 Å². The van der Waals surface area contributed by atoms with E-state index in [1.165, 1.54) is 21.9 Å². The number of urea groups is 1. The number of piperazine rings is 1. The molecule has 2 saturated heterocycles. The summed E-state index contributed by atoms with van der Waals surface area (Å²) in [5.74, 6) is -0.455. The first-order valence-corrected chi connectivity index (χ1v) is 9.95. The molecule has 152 valence electrons. The molecule has 0 bridgehead atoms. The van der Waals surface area contributed by atoms with Crippen molar-refractivity contribution in [3.63, 3.8) is 0 Å². The Bertz CT molecular complexity index is 898. The molecule has 0 N–H and O–H groups in total. The van der Waals surface area contributed by atoms with E-state index in [0.29, 0.717) is 23.8 Å². The standard InChI is InChI=1S/C21H22ClFN4O2/c1-15-20(28)26(21(29)27(15)19-6-2-16(22)3-7-19)14-24-10-12-25(13-11-24)18-8-4-17(23)5-9-18/h2-9,15H,10-14H2,1H3. The Hall–Kier alpha value is -2.64. The van der Waals surface area contributed by atoms with E-state index in [4.69, 9.17) is 11.6 Å². The van der Waals surface area contributed by atoms with Gasteiger partial charge in [-0.15, -0.1) is 0 Å². The molecule has 1 atom stereocenters. The van der Waals surface area contributed by atoms with Crippen LogP contribution in [0.5, 0.6) is 0 Å². The molecule has 2 aromatic rings. The van der Waals surface area contributed by atoms with Crippen molar-refractivity contribution in [1.82, 2.24) is 9.80 Å². The number of carbonyl (C=O) groups is 2. The molecule has 1 unspecified atom stereocenters. The Labute approximate surface area is 174 Å². The third-order valence-electron chi connectivity index (χ3n) is 5.46. The normalized spacial score (nSPS) is 20.7. The molecular formula is C21H22ClFN4O2. The number of amides is 3. The van der Waals surface area contributed by atoms with Gasteiger partial charge in [-0.2, -0.15) is 0 Å². The molecule has 2 aliphatic heterocycles. The number of imide groups is 1. The number of hydrogen-bond acceptors (Lipinski definition) is 4. The molecule has 0 saturated carbocycles. The fraction of sp³-hybridized carbons (Fsp3) is 0.333. The van der Waals surface area contributed by atoms with Gasteiger partial charge in [0, 0.05) is 42.6 Å². The minimum Gasteiger partial charge on any atom is -0.369 e. The number of rotatable bonds is 4. The Morgan fingerprint density at radius 3 is 2.14 bits per heavy atom. The number of hydrogen-bond donors (Lipinski definition) is 0. The van der Waals surface area contributed by atoms with E-state index in [1.54, 1.807) is 43.3 Å². The van der Waals surface area contributed by atoms with E-state index in [0.717, 1.165) is 18.8 Å². The lowest BCUT2D eigenvalue weighted by Crippen LogP contribution is -2.51. The number of carbonyl (C=O) groups excluding carboxylic acids is 2. The lowest BCUT2D eigenvalue weighted by Gasteiger charge is -2.37. The van der Waals surface area contributed by atoms with Crippen molar-refractivity contribution in [1.29, 1.82) is 0 Å². The SMILES string of the molecule is CC1C(=O)N(CN2CCN(c3ccc(F)cc3)CC2)C(=O)N1c1ccc(Cl)cc1. The first-order chi connectivity index (χ1) is 13.9. The molecule has 0 radical (unpaired) electrons.